The van der Waals surface area contributed by atoms with E-state index in [0.717, 1.165) is 12.0 Å². The van der Waals surface area contributed by atoms with Crippen molar-refractivity contribution >= 4 is 5.97 Å². The largest absolute Gasteiger partial charge is 0.481 e. The molecule has 2 N–H and O–H groups in total. The molecule has 2 unspecified atom stereocenters. The van der Waals surface area contributed by atoms with Gasteiger partial charge in [-0.1, -0.05) is 30.3 Å². The maximum Gasteiger partial charge on any atom is 0.312 e. The Hall–Kier alpha value is -1.35. The highest BCUT2D eigenvalue weighted by molar-refractivity contribution is 5.76. The number of carboxylic acid groups (broad SMARTS) is 1. The molecule has 0 bridgehead atoms. The van der Waals surface area contributed by atoms with Gasteiger partial charge in [-0.2, -0.15) is 0 Å². The van der Waals surface area contributed by atoms with E-state index in [2.05, 4.69) is 0 Å². The van der Waals surface area contributed by atoms with E-state index >= 15 is 0 Å². The molecule has 3 nitrogen and oxygen atoms in total. The van der Waals surface area contributed by atoms with Crippen LogP contribution >= 0.6 is 0 Å². The molecule has 1 aromatic carbocycles. The number of carbonyl (C=O) groups is 1. The molecule has 1 aliphatic carbocycles. The first kappa shape index (κ1) is 11.1. The molecule has 0 aromatic heterocycles. The summed E-state index contributed by atoms with van der Waals surface area (Å²) in [6, 6.07) is 9.52. The van der Waals surface area contributed by atoms with Gasteiger partial charge in [-0.15, -0.1) is 0 Å². The molecule has 2 rings (SSSR count). The molecule has 1 saturated carbocycles. The molecule has 0 heterocycles. The zero-order valence-corrected chi connectivity index (χ0v) is 9.10. The number of aliphatic hydroxyl groups is 1. The summed E-state index contributed by atoms with van der Waals surface area (Å²) >= 11 is 0. The van der Waals surface area contributed by atoms with Crippen LogP contribution in [0.5, 0.6) is 0 Å². The number of hydrogen-bond acceptors (Lipinski definition) is 2. The van der Waals surface area contributed by atoms with Crippen LogP contribution in [0.15, 0.2) is 30.3 Å². The van der Waals surface area contributed by atoms with E-state index in [4.69, 9.17) is 0 Å². The fourth-order valence-corrected chi connectivity index (χ4v) is 2.55. The number of benzene rings is 1. The zero-order valence-electron chi connectivity index (χ0n) is 9.10. The second-order valence-electron chi connectivity index (χ2n) is 4.53. The number of carboxylic acids is 1. The first-order valence-electron chi connectivity index (χ1n) is 5.60. The van der Waals surface area contributed by atoms with Gasteiger partial charge in [-0.05, 0) is 31.2 Å². The Kier molecular flexibility index (Phi) is 2.97. The van der Waals surface area contributed by atoms with E-state index in [1.54, 1.807) is 0 Å². The van der Waals surface area contributed by atoms with Gasteiger partial charge < -0.3 is 10.2 Å². The average Bonchev–Trinajstić information content (AvgIpc) is 2.63. The van der Waals surface area contributed by atoms with Crippen molar-refractivity contribution in [3.63, 3.8) is 0 Å². The highest BCUT2D eigenvalue weighted by atomic mass is 16.4. The normalized spacial score (nSPS) is 29.2. The van der Waals surface area contributed by atoms with Crippen LogP contribution < -0.4 is 0 Å². The summed E-state index contributed by atoms with van der Waals surface area (Å²) in [4.78, 5) is 11.4. The van der Waals surface area contributed by atoms with Gasteiger partial charge in [0.05, 0.1) is 11.5 Å². The molecule has 0 saturated heterocycles. The summed E-state index contributed by atoms with van der Waals surface area (Å²) in [7, 11) is 0. The molecule has 0 spiro atoms. The van der Waals surface area contributed by atoms with Crippen molar-refractivity contribution < 1.29 is 15.0 Å². The fourth-order valence-electron chi connectivity index (χ4n) is 2.55. The predicted molar refractivity (Wildman–Crippen MR) is 60.1 cm³/mol. The third-order valence-electron chi connectivity index (χ3n) is 3.53. The van der Waals surface area contributed by atoms with E-state index in [1.807, 2.05) is 30.3 Å². The monoisotopic (exact) mass is 220 g/mol. The van der Waals surface area contributed by atoms with E-state index in [0.29, 0.717) is 19.3 Å². The highest BCUT2D eigenvalue weighted by Crippen LogP contribution is 2.41. The Labute approximate surface area is 94.7 Å². The lowest BCUT2D eigenvalue weighted by Gasteiger charge is -2.28. The van der Waals surface area contributed by atoms with Gasteiger partial charge >= 0.3 is 5.97 Å². The SMILES string of the molecule is O=C(O)C1(Cc2ccccc2)CCCC1O. The van der Waals surface area contributed by atoms with Crippen LogP contribution in [-0.2, 0) is 11.2 Å². The lowest BCUT2D eigenvalue weighted by molar-refractivity contribution is -0.154. The minimum Gasteiger partial charge on any atom is -0.481 e. The summed E-state index contributed by atoms with van der Waals surface area (Å²) in [5.41, 5.74) is 0.00676. The Morgan fingerprint density at radius 3 is 2.56 bits per heavy atom. The van der Waals surface area contributed by atoms with Crippen molar-refractivity contribution in [2.24, 2.45) is 5.41 Å². The number of hydrogen-bond donors (Lipinski definition) is 2. The highest BCUT2D eigenvalue weighted by Gasteiger charge is 2.48. The van der Waals surface area contributed by atoms with Crippen LogP contribution in [0.4, 0.5) is 0 Å². The topological polar surface area (TPSA) is 57.5 Å². The molecular weight excluding hydrogens is 204 g/mol. The van der Waals surface area contributed by atoms with Gasteiger partial charge in [-0.3, -0.25) is 4.79 Å². The second kappa shape index (κ2) is 4.26. The number of rotatable bonds is 3. The predicted octanol–water partition coefficient (Wildman–Crippen LogP) is 1.84. The van der Waals surface area contributed by atoms with Gasteiger partial charge in [0.25, 0.3) is 0 Å². The lowest BCUT2D eigenvalue weighted by atomic mass is 9.78. The lowest BCUT2D eigenvalue weighted by Crippen LogP contribution is -2.40. The smallest absolute Gasteiger partial charge is 0.312 e. The Morgan fingerprint density at radius 2 is 2.06 bits per heavy atom. The van der Waals surface area contributed by atoms with Crippen LogP contribution in [0.2, 0.25) is 0 Å². The van der Waals surface area contributed by atoms with Crippen molar-refractivity contribution in [2.45, 2.75) is 31.8 Å². The van der Waals surface area contributed by atoms with Crippen LogP contribution in [0.3, 0.4) is 0 Å². The van der Waals surface area contributed by atoms with Crippen LogP contribution in [-0.4, -0.2) is 22.3 Å². The van der Waals surface area contributed by atoms with E-state index in [1.165, 1.54) is 0 Å². The molecule has 1 fully saturated rings. The maximum atomic E-state index is 11.4. The molecule has 86 valence electrons. The van der Waals surface area contributed by atoms with Crippen LogP contribution in [0, 0.1) is 5.41 Å². The minimum atomic E-state index is -0.971. The molecule has 3 heteroatoms. The Balaban J connectivity index is 2.25. The average molecular weight is 220 g/mol. The Morgan fingerprint density at radius 1 is 1.38 bits per heavy atom. The number of aliphatic hydroxyl groups excluding tert-OH is 1. The van der Waals surface area contributed by atoms with Gasteiger partial charge in [0.2, 0.25) is 0 Å². The third kappa shape index (κ3) is 1.83. The standard InChI is InChI=1S/C13H16O3/c14-11-7-4-8-13(11,12(15)16)9-10-5-2-1-3-6-10/h1-3,5-6,11,14H,4,7-9H2,(H,15,16). The molecule has 1 aromatic rings. The number of aliphatic carboxylic acids is 1. The van der Waals surface area contributed by atoms with Crippen LogP contribution in [0.25, 0.3) is 0 Å². The summed E-state index contributed by atoms with van der Waals surface area (Å²) in [6.07, 6.45) is 1.66. The van der Waals surface area contributed by atoms with E-state index in [-0.39, 0.29) is 0 Å². The summed E-state index contributed by atoms with van der Waals surface area (Å²) in [5.74, 6) is -0.874. The maximum absolute atomic E-state index is 11.4. The first-order valence-corrected chi connectivity index (χ1v) is 5.60. The summed E-state index contributed by atoms with van der Waals surface area (Å²) in [6.45, 7) is 0. The fraction of sp³-hybridized carbons (Fsp3) is 0.462. The quantitative estimate of drug-likeness (QED) is 0.817. The molecule has 2 atom stereocenters. The summed E-state index contributed by atoms with van der Waals surface area (Å²) < 4.78 is 0. The Bertz CT molecular complexity index is 374. The molecule has 0 aliphatic heterocycles. The van der Waals surface area contributed by atoms with Crippen molar-refractivity contribution in [1.29, 1.82) is 0 Å². The van der Waals surface area contributed by atoms with E-state index in [9.17, 15) is 15.0 Å². The molecule has 16 heavy (non-hydrogen) atoms. The third-order valence-corrected chi connectivity index (χ3v) is 3.53. The zero-order chi connectivity index (χ0) is 11.6. The van der Waals surface area contributed by atoms with Crippen molar-refractivity contribution in [2.75, 3.05) is 0 Å². The second-order valence-corrected chi connectivity index (χ2v) is 4.53. The van der Waals surface area contributed by atoms with Gasteiger partial charge in [0, 0.05) is 0 Å². The van der Waals surface area contributed by atoms with Gasteiger partial charge in [0.15, 0.2) is 0 Å². The minimum absolute atomic E-state index is 0.421. The molecule has 1 aliphatic rings. The van der Waals surface area contributed by atoms with Crippen molar-refractivity contribution in [3.8, 4) is 0 Å². The molecule has 0 amide bonds. The first-order chi connectivity index (χ1) is 7.65. The van der Waals surface area contributed by atoms with Crippen LogP contribution in [0.1, 0.15) is 24.8 Å². The van der Waals surface area contributed by atoms with Gasteiger partial charge in [-0.25, -0.2) is 0 Å². The molecular formula is C13H16O3. The van der Waals surface area contributed by atoms with E-state index < -0.39 is 17.5 Å². The van der Waals surface area contributed by atoms with Crippen molar-refractivity contribution in [3.05, 3.63) is 35.9 Å². The van der Waals surface area contributed by atoms with Gasteiger partial charge in [0.1, 0.15) is 0 Å². The summed E-state index contributed by atoms with van der Waals surface area (Å²) in [5, 5.41) is 19.2. The van der Waals surface area contributed by atoms with Crippen molar-refractivity contribution in [1.82, 2.24) is 0 Å². The molecule has 0 radical (unpaired) electrons.